The number of nitrogens with one attached hydrogen (secondary N) is 2. The van der Waals surface area contributed by atoms with Gasteiger partial charge < -0.3 is 15.4 Å². The number of likely N-dealkylation sites (tertiary alicyclic amines) is 1. The molecule has 6 heterocycles. The van der Waals surface area contributed by atoms with Crippen molar-refractivity contribution in [1.82, 2.24) is 44.8 Å². The van der Waals surface area contributed by atoms with Crippen LogP contribution in [-0.4, -0.2) is 83.6 Å². The monoisotopic (exact) mass is 774 g/mol. The van der Waals surface area contributed by atoms with E-state index >= 15 is 0 Å². The molecule has 2 N–H and O–H groups in total. The van der Waals surface area contributed by atoms with E-state index in [-0.39, 0.29) is 17.2 Å². The van der Waals surface area contributed by atoms with Crippen LogP contribution in [0.25, 0.3) is 37.2 Å². The lowest BCUT2D eigenvalue weighted by Crippen LogP contribution is -2.39. The summed E-state index contributed by atoms with van der Waals surface area (Å²) in [6.07, 6.45) is 8.45. The first-order chi connectivity index (χ1) is 26.7. The van der Waals surface area contributed by atoms with Crippen molar-refractivity contribution in [2.45, 2.75) is 65.5 Å². The molecule has 2 aliphatic rings. The first-order valence-electron chi connectivity index (χ1n) is 18.8. The first kappa shape index (κ1) is 35.5. The van der Waals surface area contributed by atoms with Gasteiger partial charge in [0, 0.05) is 53.1 Å². The quantitative estimate of drug-likeness (QED) is 0.121. The summed E-state index contributed by atoms with van der Waals surface area (Å²) in [7, 11) is 0. The van der Waals surface area contributed by atoms with Crippen LogP contribution in [0.4, 0.5) is 5.69 Å². The number of thiazole rings is 1. The Hall–Kier alpha value is -5.25. The molecule has 0 spiro atoms. The maximum Gasteiger partial charge on any atom is 0.261 e. The molecule has 1 saturated carbocycles. The molecule has 1 unspecified atom stereocenters. The minimum absolute atomic E-state index is 0.0375. The fourth-order valence-corrected chi connectivity index (χ4v) is 9.69. The standard InChI is InChI=1S/C40H42N10O3S2/c1-24-17-25(2)50-38(43-24)31(20-42-50)39(52)45-28-8-6-27(7-9-28)32-22-49(47-46-32)21-29-5-4-14-48(29)23-40(11-12-40)19-35(51)41-13-15-53-33-18-34-36(44-26(3)55-34)37-30(33)10-16-54-37/h6-10,16-18,20,22,29H,4-5,11-15,19,21,23H2,1-3H3,(H,41,51)(H,45,52). The van der Waals surface area contributed by atoms with Crippen LogP contribution in [-0.2, 0) is 11.3 Å². The summed E-state index contributed by atoms with van der Waals surface area (Å²) in [5, 5.41) is 23.6. The molecule has 0 radical (unpaired) electrons. The van der Waals surface area contributed by atoms with Gasteiger partial charge in [0.1, 0.15) is 23.6 Å². The highest BCUT2D eigenvalue weighted by Gasteiger charge is 2.47. The predicted octanol–water partition coefficient (Wildman–Crippen LogP) is 6.82. The molecule has 13 nitrogen and oxygen atoms in total. The molecule has 2 fully saturated rings. The third-order valence-corrected chi connectivity index (χ3v) is 12.6. The molecule has 2 amide bonds. The Morgan fingerprint density at radius 1 is 1.07 bits per heavy atom. The number of carbonyl (C=O) groups is 2. The zero-order valence-corrected chi connectivity index (χ0v) is 32.7. The fourth-order valence-electron chi connectivity index (χ4n) is 7.86. The van der Waals surface area contributed by atoms with E-state index in [1.807, 2.05) is 62.0 Å². The van der Waals surface area contributed by atoms with E-state index in [2.05, 4.69) is 53.4 Å². The largest absolute Gasteiger partial charge is 0.491 e. The van der Waals surface area contributed by atoms with Crippen molar-refractivity contribution in [2.24, 2.45) is 5.41 Å². The van der Waals surface area contributed by atoms with E-state index in [1.165, 1.54) is 0 Å². The van der Waals surface area contributed by atoms with Crippen molar-refractivity contribution < 1.29 is 14.3 Å². The molecular formula is C40H42N10O3S2. The van der Waals surface area contributed by atoms with Gasteiger partial charge in [-0.25, -0.2) is 14.5 Å². The van der Waals surface area contributed by atoms with Gasteiger partial charge in [-0.3, -0.25) is 19.2 Å². The van der Waals surface area contributed by atoms with Crippen LogP contribution in [0.15, 0.2) is 60.2 Å². The van der Waals surface area contributed by atoms with Crippen molar-refractivity contribution >= 4 is 66.1 Å². The highest BCUT2D eigenvalue weighted by molar-refractivity contribution is 7.21. The highest BCUT2D eigenvalue weighted by atomic mass is 32.1. The lowest BCUT2D eigenvalue weighted by Gasteiger charge is -2.28. The van der Waals surface area contributed by atoms with Gasteiger partial charge in [0.15, 0.2) is 5.65 Å². The van der Waals surface area contributed by atoms with Gasteiger partial charge in [0.05, 0.1) is 45.4 Å². The van der Waals surface area contributed by atoms with E-state index < -0.39 is 0 Å². The number of ether oxygens (including phenoxy) is 1. The van der Waals surface area contributed by atoms with Gasteiger partial charge in [-0.2, -0.15) is 5.10 Å². The number of rotatable bonds is 13. The molecule has 1 aliphatic heterocycles. The minimum Gasteiger partial charge on any atom is -0.491 e. The summed E-state index contributed by atoms with van der Waals surface area (Å²) >= 11 is 3.36. The summed E-state index contributed by atoms with van der Waals surface area (Å²) < 4.78 is 12.1. The van der Waals surface area contributed by atoms with E-state index in [1.54, 1.807) is 33.4 Å². The number of anilines is 1. The third kappa shape index (κ3) is 7.31. The van der Waals surface area contributed by atoms with Crippen molar-refractivity contribution in [3.63, 3.8) is 0 Å². The molecule has 15 heteroatoms. The second kappa shape index (κ2) is 14.4. The van der Waals surface area contributed by atoms with Crippen LogP contribution in [0, 0.1) is 26.2 Å². The minimum atomic E-state index is -0.262. The second-order valence-corrected chi connectivity index (χ2v) is 17.1. The summed E-state index contributed by atoms with van der Waals surface area (Å²) in [5.74, 6) is 0.681. The molecule has 0 bridgehead atoms. The third-order valence-electron chi connectivity index (χ3n) is 10.8. The van der Waals surface area contributed by atoms with Crippen molar-refractivity contribution in [3.05, 3.63) is 82.2 Å². The predicted molar refractivity (Wildman–Crippen MR) is 215 cm³/mol. The summed E-state index contributed by atoms with van der Waals surface area (Å²) in [5.41, 5.74) is 6.16. The topological polar surface area (TPSA) is 144 Å². The maximum absolute atomic E-state index is 13.1. The van der Waals surface area contributed by atoms with E-state index in [0.717, 1.165) is 99.0 Å². The van der Waals surface area contributed by atoms with Gasteiger partial charge in [-0.1, -0.05) is 17.3 Å². The van der Waals surface area contributed by atoms with Gasteiger partial charge in [0.25, 0.3) is 5.91 Å². The molecule has 2 aromatic carbocycles. The molecule has 9 rings (SSSR count). The smallest absolute Gasteiger partial charge is 0.261 e. The molecule has 1 atom stereocenters. The van der Waals surface area contributed by atoms with Gasteiger partial charge in [-0.15, -0.1) is 27.8 Å². The fraction of sp³-hybridized carbons (Fsp3) is 0.375. The van der Waals surface area contributed by atoms with Crippen LogP contribution < -0.4 is 15.4 Å². The second-order valence-electron chi connectivity index (χ2n) is 14.9. The van der Waals surface area contributed by atoms with Crippen LogP contribution >= 0.6 is 22.7 Å². The zero-order chi connectivity index (χ0) is 37.7. The average Bonchev–Trinajstić information content (AvgIpc) is 3.80. The number of nitrogens with zero attached hydrogens (tertiary/aromatic N) is 8. The molecular weight excluding hydrogens is 733 g/mol. The van der Waals surface area contributed by atoms with E-state index in [0.29, 0.717) is 42.5 Å². The number of amides is 2. The van der Waals surface area contributed by atoms with Crippen LogP contribution in [0.3, 0.4) is 0 Å². The van der Waals surface area contributed by atoms with Gasteiger partial charge >= 0.3 is 0 Å². The summed E-state index contributed by atoms with van der Waals surface area (Å²) in [4.78, 5) is 38.0. The number of thiophene rings is 1. The van der Waals surface area contributed by atoms with Crippen LogP contribution in [0.5, 0.6) is 5.75 Å². The zero-order valence-electron chi connectivity index (χ0n) is 31.0. The number of carbonyl (C=O) groups excluding carboxylic acids is 2. The molecule has 7 aromatic rings. The van der Waals surface area contributed by atoms with Gasteiger partial charge in [-0.05, 0) is 88.1 Å². The Labute approximate surface area is 325 Å². The lowest BCUT2D eigenvalue weighted by molar-refractivity contribution is -0.122. The van der Waals surface area contributed by atoms with Gasteiger partial charge in [0.2, 0.25) is 5.91 Å². The Morgan fingerprint density at radius 2 is 1.93 bits per heavy atom. The Bertz CT molecular complexity index is 2550. The summed E-state index contributed by atoms with van der Waals surface area (Å²) in [6.45, 7) is 9.46. The SMILES string of the molecule is Cc1cc(C)n2ncc(C(=O)Nc3ccc(-c4cn(CC5CCCN5CC5(CC(=O)NCCOc6cc7sc(C)nc7c7sccc67)CC5)nn4)cc3)c2n1. The van der Waals surface area contributed by atoms with Crippen LogP contribution in [0.1, 0.15) is 58.9 Å². The Balaban J connectivity index is 0.757. The normalized spacial score (nSPS) is 16.7. The van der Waals surface area contributed by atoms with E-state index in [4.69, 9.17) is 9.72 Å². The molecule has 282 valence electrons. The Kier molecular flexibility index (Phi) is 9.30. The molecule has 5 aromatic heterocycles. The number of hydrogen-bond donors (Lipinski definition) is 2. The number of hydrogen-bond acceptors (Lipinski definition) is 11. The molecule has 1 aliphatic carbocycles. The maximum atomic E-state index is 13.1. The lowest BCUT2D eigenvalue weighted by atomic mass is 10.0. The van der Waals surface area contributed by atoms with Crippen LogP contribution in [0.2, 0.25) is 0 Å². The number of aromatic nitrogens is 7. The highest BCUT2D eigenvalue weighted by Crippen LogP contribution is 2.50. The first-order valence-corrected chi connectivity index (χ1v) is 20.4. The number of fused-ring (bicyclic) bond motifs is 4. The molecule has 55 heavy (non-hydrogen) atoms. The number of aryl methyl sites for hydroxylation is 3. The molecule has 1 saturated heterocycles. The van der Waals surface area contributed by atoms with Crippen molar-refractivity contribution in [2.75, 3.05) is 31.6 Å². The van der Waals surface area contributed by atoms with E-state index in [9.17, 15) is 9.59 Å². The van der Waals surface area contributed by atoms with Crippen molar-refractivity contribution in [1.29, 1.82) is 0 Å². The summed E-state index contributed by atoms with van der Waals surface area (Å²) in [6, 6.07) is 14.0. The number of benzene rings is 2. The Morgan fingerprint density at radius 3 is 2.76 bits per heavy atom. The van der Waals surface area contributed by atoms with Crippen molar-refractivity contribution in [3.8, 4) is 17.0 Å². The average molecular weight is 775 g/mol.